The Morgan fingerprint density at radius 2 is 1.26 bits per heavy atom. The van der Waals surface area contributed by atoms with E-state index >= 15 is 0 Å². The lowest BCUT2D eigenvalue weighted by Gasteiger charge is -2.35. The van der Waals surface area contributed by atoms with Gasteiger partial charge in [-0.2, -0.15) is 0 Å². The molecule has 470 valence electrons. The van der Waals surface area contributed by atoms with Gasteiger partial charge in [-0.15, -0.1) is 0 Å². The fourth-order valence-corrected chi connectivity index (χ4v) is 11.2. The van der Waals surface area contributed by atoms with Crippen molar-refractivity contribution in [3.63, 3.8) is 0 Å². The third-order valence-corrected chi connectivity index (χ3v) is 16.0. The maximum Gasteiger partial charge on any atom is 0.317 e. The Bertz CT molecular complexity index is 2570. The summed E-state index contributed by atoms with van der Waals surface area (Å²) in [4.78, 5) is 163. The molecule has 3 saturated heterocycles. The summed E-state index contributed by atoms with van der Waals surface area (Å²) in [6.07, 6.45) is -1.13. The van der Waals surface area contributed by atoms with Gasteiger partial charge in [-0.05, 0) is 74.6 Å². The number of amides is 7. The molecule has 0 spiro atoms. The van der Waals surface area contributed by atoms with Crippen LogP contribution in [0.25, 0.3) is 0 Å². The molecule has 8 atom stereocenters. The molecular weight excluding hydrogens is 1120 g/mol. The van der Waals surface area contributed by atoms with Crippen molar-refractivity contribution in [3.05, 3.63) is 29.3 Å². The number of likely N-dealkylation sites (tertiary alicyclic amines) is 1. The number of ether oxygens (including phenoxy) is 2. The van der Waals surface area contributed by atoms with Crippen LogP contribution in [-0.2, 0) is 79.8 Å². The van der Waals surface area contributed by atoms with Crippen LogP contribution in [0.3, 0.4) is 0 Å². The summed E-state index contributed by atoms with van der Waals surface area (Å²) in [5, 5.41) is 63.5. The van der Waals surface area contributed by atoms with Gasteiger partial charge in [-0.3, -0.25) is 77.1 Å². The average Bonchev–Trinajstić information content (AvgIpc) is 1.81. The first-order valence-electron chi connectivity index (χ1n) is 28.9. The van der Waals surface area contributed by atoms with Crippen LogP contribution in [0.4, 0.5) is 5.69 Å². The largest absolute Gasteiger partial charge is 0.481 e. The maximum atomic E-state index is 14.3. The quantitative estimate of drug-likeness (QED) is 0.0261. The number of nitrogens with zero attached hydrogens (tertiary/aromatic N) is 5. The number of aliphatic hydroxyl groups is 1. The molecule has 3 fully saturated rings. The molecule has 0 aliphatic carbocycles. The molecule has 85 heavy (non-hydrogen) atoms. The lowest BCUT2D eigenvalue weighted by molar-refractivity contribution is -0.155. The minimum Gasteiger partial charge on any atom is -0.481 e. The third kappa shape index (κ3) is 20.4. The highest BCUT2D eigenvalue weighted by atomic mass is 16.6. The number of anilines is 1. The highest BCUT2D eigenvalue weighted by molar-refractivity contribution is 6.08. The number of esters is 1. The van der Waals surface area contributed by atoms with Gasteiger partial charge in [0.1, 0.15) is 42.9 Å². The molecule has 30 heteroatoms. The molecule has 11 N–H and O–H groups in total. The summed E-state index contributed by atoms with van der Waals surface area (Å²) in [5.41, 5.74) is 2.06. The van der Waals surface area contributed by atoms with Crippen molar-refractivity contribution in [2.24, 2.45) is 11.8 Å². The molecule has 5 heterocycles. The van der Waals surface area contributed by atoms with Crippen LogP contribution in [0.5, 0.6) is 0 Å². The maximum absolute atomic E-state index is 14.3. The minimum atomic E-state index is -1.55. The van der Waals surface area contributed by atoms with Crippen molar-refractivity contribution in [2.75, 3.05) is 103 Å². The number of cyclic esters (lactones) is 1. The second kappa shape index (κ2) is 32.2. The summed E-state index contributed by atoms with van der Waals surface area (Å²) < 4.78 is 10.3. The first-order chi connectivity index (χ1) is 40.5. The molecular formula is C55H81N11O19. The van der Waals surface area contributed by atoms with Crippen molar-refractivity contribution in [3.8, 4) is 0 Å². The van der Waals surface area contributed by atoms with Crippen molar-refractivity contribution < 1.29 is 92.5 Å². The first kappa shape index (κ1) is 66.8. The van der Waals surface area contributed by atoms with E-state index in [-0.39, 0.29) is 70.8 Å². The van der Waals surface area contributed by atoms with E-state index in [4.69, 9.17) is 9.47 Å². The molecule has 1 aromatic carbocycles. The van der Waals surface area contributed by atoms with Gasteiger partial charge < -0.3 is 71.8 Å². The van der Waals surface area contributed by atoms with Crippen LogP contribution in [0.1, 0.15) is 82.8 Å². The summed E-state index contributed by atoms with van der Waals surface area (Å²) in [7, 11) is 0. The number of carboxylic acid groups (broad SMARTS) is 4. The fraction of sp³-hybridized carbons (Fsp3) is 0.673. The van der Waals surface area contributed by atoms with Crippen LogP contribution in [0.15, 0.2) is 18.2 Å². The van der Waals surface area contributed by atoms with Crippen molar-refractivity contribution in [2.45, 2.75) is 127 Å². The van der Waals surface area contributed by atoms with E-state index < -0.39 is 139 Å². The molecule has 6 rings (SSSR count). The van der Waals surface area contributed by atoms with Gasteiger partial charge >= 0.3 is 29.8 Å². The van der Waals surface area contributed by atoms with Crippen molar-refractivity contribution in [1.82, 2.24) is 51.5 Å². The van der Waals surface area contributed by atoms with Crippen molar-refractivity contribution in [1.29, 1.82) is 0 Å². The molecule has 30 nitrogen and oxygen atoms in total. The van der Waals surface area contributed by atoms with Gasteiger partial charge in [-0.1, -0.05) is 38.5 Å². The first-order valence-corrected chi connectivity index (χ1v) is 28.9. The average molecular weight is 1200 g/mol. The fourth-order valence-electron chi connectivity index (χ4n) is 11.2. The van der Waals surface area contributed by atoms with Crippen LogP contribution < -0.4 is 36.8 Å². The van der Waals surface area contributed by atoms with Gasteiger partial charge in [0.15, 0.2) is 0 Å². The highest BCUT2D eigenvalue weighted by Crippen LogP contribution is 2.39. The molecule has 5 aliphatic rings. The number of piperidine rings is 1. The molecule has 2 unspecified atom stereocenters. The highest BCUT2D eigenvalue weighted by Gasteiger charge is 2.46. The molecule has 0 bridgehead atoms. The Hall–Kier alpha value is -7.38. The second-order valence-electron chi connectivity index (χ2n) is 22.3. The number of aliphatic carboxylic acids is 4. The number of carboxylic acids is 4. The smallest absolute Gasteiger partial charge is 0.317 e. The number of carbonyl (C=O) groups excluding carboxylic acids is 8. The molecule has 0 aromatic heterocycles. The minimum absolute atomic E-state index is 0.133. The van der Waals surface area contributed by atoms with Crippen molar-refractivity contribution >= 4 is 76.9 Å². The molecule has 5 aliphatic heterocycles. The Morgan fingerprint density at radius 1 is 0.671 bits per heavy atom. The summed E-state index contributed by atoms with van der Waals surface area (Å²) >= 11 is 0. The SMILES string of the molecule is CC[C@H](C)[C@H](NC(=O)COCCNC(=O)[C@@H](CCC(=O)O)NC(=O)[C@@H](CCC(=O)O)NC(=O)CN1CCC(CN2CCN(CC(=O)O)CCN(CC(=O)O)CC2)CC1)C(=O)N[C@H]1CCc2cccc3c2N(C1=O)[C@H](C(=O)NC1CC(=O)OC1O)C3. The van der Waals surface area contributed by atoms with E-state index in [1.165, 1.54) is 4.90 Å². The van der Waals surface area contributed by atoms with Gasteiger partial charge in [0, 0.05) is 71.6 Å². The Balaban J connectivity index is 0.962. The van der Waals surface area contributed by atoms with Crippen LogP contribution in [0, 0.1) is 11.8 Å². The van der Waals surface area contributed by atoms with E-state index in [2.05, 4.69) is 36.8 Å². The van der Waals surface area contributed by atoms with Crippen LogP contribution in [-0.4, -0.2) is 257 Å². The van der Waals surface area contributed by atoms with Gasteiger partial charge in [0.2, 0.25) is 47.6 Å². The Labute approximate surface area is 491 Å². The number of hydrogen-bond acceptors (Lipinski definition) is 19. The topological polar surface area (TPSA) is 413 Å². The van der Waals surface area contributed by atoms with Crippen LogP contribution >= 0.6 is 0 Å². The number of rotatable bonds is 30. The predicted octanol–water partition coefficient (Wildman–Crippen LogP) is -3.71. The number of para-hydroxylation sites is 1. The molecule has 0 saturated carbocycles. The summed E-state index contributed by atoms with van der Waals surface area (Å²) in [6, 6.07) is -1.79. The Kier molecular flexibility index (Phi) is 25.3. The zero-order valence-electron chi connectivity index (χ0n) is 48.0. The lowest BCUT2D eigenvalue weighted by Crippen LogP contribution is -2.59. The van der Waals surface area contributed by atoms with E-state index in [1.54, 1.807) is 29.7 Å². The zero-order valence-corrected chi connectivity index (χ0v) is 48.0. The molecule has 1 aromatic rings. The lowest BCUT2D eigenvalue weighted by atomic mass is 9.96. The van der Waals surface area contributed by atoms with Crippen LogP contribution in [0.2, 0.25) is 0 Å². The number of carbonyl (C=O) groups is 12. The normalized spacial score (nSPS) is 22.1. The van der Waals surface area contributed by atoms with E-state index in [0.717, 1.165) is 11.1 Å². The number of aryl methyl sites for hydroxylation is 1. The summed E-state index contributed by atoms with van der Waals surface area (Å²) in [5.74, 6) is -10.3. The van der Waals surface area contributed by atoms with E-state index in [1.807, 2.05) is 17.0 Å². The standard InChI is InChI=1S/C55H81N11O19/c1-3-32(2)48(53(81)59-38-8-7-34-5-4-6-35-25-40(66(49(34)35)54(38)82)52(80)60-39-26-47(77)85-55(39)83)61-42(68)31-84-24-15-56-50(78)36(9-11-43(69)70)58-51(79)37(10-12-44(71)72)57-41(67)28-62-16-13-33(14-17-62)27-63-18-20-64(29-45(73)74)22-23-65(21-19-63)30-46(75)76/h4-6,32-33,36-40,48,55,83H,3,7-31H2,1-2H3,(H,56,78)(H,57,67)(H,58,79)(H,59,81)(H,60,80)(H,61,68)(H,69,70)(H,71,72)(H,73,74)(H,75,76)/t32-,36+,37+,38-,39?,40-,48-,55?/m0/s1. The van der Waals surface area contributed by atoms with Gasteiger partial charge in [0.25, 0.3) is 0 Å². The molecule has 0 radical (unpaired) electrons. The van der Waals surface area contributed by atoms with E-state index in [0.29, 0.717) is 90.3 Å². The third-order valence-electron chi connectivity index (χ3n) is 16.0. The monoisotopic (exact) mass is 1200 g/mol. The number of aliphatic hydroxyl groups excluding tert-OH is 1. The summed E-state index contributed by atoms with van der Waals surface area (Å²) in [6.45, 7) is 6.71. The van der Waals surface area contributed by atoms with E-state index in [9.17, 15) is 83.1 Å². The second-order valence-corrected chi connectivity index (χ2v) is 22.3. The number of hydrogen-bond donors (Lipinski definition) is 11. The van der Waals surface area contributed by atoms with Gasteiger partial charge in [-0.25, -0.2) is 0 Å². The molecule has 7 amide bonds. The zero-order chi connectivity index (χ0) is 61.9. The number of nitrogens with one attached hydrogen (secondary N) is 6. The predicted molar refractivity (Wildman–Crippen MR) is 297 cm³/mol. The number of benzene rings is 1. The van der Waals surface area contributed by atoms with Gasteiger partial charge in [0.05, 0.1) is 38.3 Å². The Morgan fingerprint density at radius 3 is 1.84 bits per heavy atom.